The van der Waals surface area contributed by atoms with Gasteiger partial charge >= 0.3 is 0 Å². The average molecular weight is 208 g/mol. The number of rotatable bonds is 3. The summed E-state index contributed by atoms with van der Waals surface area (Å²) in [6.45, 7) is 4.10. The van der Waals surface area contributed by atoms with Crippen LogP contribution in [0.1, 0.15) is 5.56 Å². The molecule has 1 aromatic heterocycles. The molecule has 15 heavy (non-hydrogen) atoms. The van der Waals surface area contributed by atoms with Crippen LogP contribution in [-0.4, -0.2) is 43.3 Å². The second kappa shape index (κ2) is 5.04. The minimum absolute atomic E-state index is 0.766. The summed E-state index contributed by atoms with van der Waals surface area (Å²) in [6, 6.07) is 0. The molecule has 0 radical (unpaired) electrons. The van der Waals surface area contributed by atoms with Crippen molar-refractivity contribution in [3.05, 3.63) is 18.0 Å². The van der Waals surface area contributed by atoms with E-state index in [1.54, 1.807) is 0 Å². The van der Waals surface area contributed by atoms with Crippen LogP contribution in [0.4, 0.5) is 5.95 Å². The maximum Gasteiger partial charge on any atom is 0.225 e. The van der Waals surface area contributed by atoms with E-state index in [9.17, 15) is 0 Å². The van der Waals surface area contributed by atoms with Crippen LogP contribution >= 0.6 is 0 Å². The first-order valence-electron chi connectivity index (χ1n) is 5.18. The van der Waals surface area contributed by atoms with Crippen LogP contribution in [0.3, 0.4) is 0 Å². The van der Waals surface area contributed by atoms with Crippen molar-refractivity contribution < 1.29 is 4.74 Å². The minimum Gasteiger partial charge on any atom is -0.378 e. The van der Waals surface area contributed by atoms with Crippen LogP contribution in [0.5, 0.6) is 0 Å². The molecule has 0 aromatic carbocycles. The molecule has 1 aliphatic heterocycles. The second-order valence-corrected chi connectivity index (χ2v) is 3.52. The van der Waals surface area contributed by atoms with Gasteiger partial charge in [0.15, 0.2) is 0 Å². The first kappa shape index (κ1) is 10.3. The predicted octanol–water partition coefficient (Wildman–Crippen LogP) is 0.0326. The van der Waals surface area contributed by atoms with Crippen molar-refractivity contribution in [1.29, 1.82) is 0 Å². The van der Waals surface area contributed by atoms with Crippen LogP contribution < -0.4 is 10.2 Å². The minimum atomic E-state index is 0.766. The van der Waals surface area contributed by atoms with Crippen molar-refractivity contribution in [1.82, 2.24) is 15.3 Å². The van der Waals surface area contributed by atoms with Gasteiger partial charge in [-0.2, -0.15) is 0 Å². The van der Waals surface area contributed by atoms with E-state index in [2.05, 4.69) is 20.2 Å². The maximum atomic E-state index is 5.28. The highest BCUT2D eigenvalue weighted by atomic mass is 16.5. The highest BCUT2D eigenvalue weighted by Gasteiger charge is 2.12. The van der Waals surface area contributed by atoms with Gasteiger partial charge < -0.3 is 15.0 Å². The van der Waals surface area contributed by atoms with Gasteiger partial charge in [0.2, 0.25) is 5.95 Å². The molecule has 1 aliphatic rings. The Hall–Kier alpha value is -1.20. The van der Waals surface area contributed by atoms with Gasteiger partial charge in [0, 0.05) is 37.6 Å². The third-order valence-electron chi connectivity index (χ3n) is 2.37. The first-order chi connectivity index (χ1) is 7.40. The molecule has 1 fully saturated rings. The number of morpholine rings is 1. The van der Waals surface area contributed by atoms with Crippen molar-refractivity contribution in [2.75, 3.05) is 38.3 Å². The topological polar surface area (TPSA) is 50.3 Å². The van der Waals surface area contributed by atoms with E-state index < -0.39 is 0 Å². The molecule has 5 nitrogen and oxygen atoms in total. The van der Waals surface area contributed by atoms with Crippen LogP contribution in [0.2, 0.25) is 0 Å². The number of aromatic nitrogens is 2. The lowest BCUT2D eigenvalue weighted by atomic mass is 10.3. The summed E-state index contributed by atoms with van der Waals surface area (Å²) in [6.07, 6.45) is 3.74. The summed E-state index contributed by atoms with van der Waals surface area (Å²) in [7, 11) is 1.91. The Morgan fingerprint density at radius 2 is 2.00 bits per heavy atom. The summed E-state index contributed by atoms with van der Waals surface area (Å²) in [4.78, 5) is 10.8. The zero-order valence-electron chi connectivity index (χ0n) is 8.94. The van der Waals surface area contributed by atoms with E-state index in [1.165, 1.54) is 0 Å². The van der Waals surface area contributed by atoms with E-state index in [0.29, 0.717) is 0 Å². The molecule has 0 amide bonds. The van der Waals surface area contributed by atoms with Crippen molar-refractivity contribution in [3.63, 3.8) is 0 Å². The Labute approximate surface area is 89.5 Å². The largest absolute Gasteiger partial charge is 0.378 e. The molecule has 0 spiro atoms. The molecule has 1 saturated heterocycles. The molecule has 1 aromatic rings. The smallest absolute Gasteiger partial charge is 0.225 e. The first-order valence-corrected chi connectivity index (χ1v) is 5.18. The lowest BCUT2D eigenvalue weighted by Crippen LogP contribution is -2.37. The third-order valence-corrected chi connectivity index (χ3v) is 2.37. The lowest BCUT2D eigenvalue weighted by Gasteiger charge is -2.26. The lowest BCUT2D eigenvalue weighted by molar-refractivity contribution is 0.122. The van der Waals surface area contributed by atoms with Gasteiger partial charge in [0.25, 0.3) is 0 Å². The predicted molar refractivity (Wildman–Crippen MR) is 57.8 cm³/mol. The van der Waals surface area contributed by atoms with Gasteiger partial charge in [-0.05, 0) is 7.05 Å². The van der Waals surface area contributed by atoms with Gasteiger partial charge in [0.05, 0.1) is 13.2 Å². The molecule has 82 valence electrons. The monoisotopic (exact) mass is 208 g/mol. The Bertz CT molecular complexity index is 295. The zero-order chi connectivity index (χ0) is 10.5. The van der Waals surface area contributed by atoms with Gasteiger partial charge in [-0.25, -0.2) is 9.97 Å². The fraction of sp³-hybridized carbons (Fsp3) is 0.600. The second-order valence-electron chi connectivity index (χ2n) is 3.52. The number of nitrogens with one attached hydrogen (secondary N) is 1. The number of hydrogen-bond donors (Lipinski definition) is 1. The molecule has 0 atom stereocenters. The van der Waals surface area contributed by atoms with Crippen LogP contribution in [0.15, 0.2) is 12.4 Å². The van der Waals surface area contributed by atoms with E-state index >= 15 is 0 Å². The molecule has 2 heterocycles. The Kier molecular flexibility index (Phi) is 3.47. The molecule has 0 saturated carbocycles. The standard InChI is InChI=1S/C10H16N4O/c1-11-6-9-7-12-10(13-8-9)14-2-4-15-5-3-14/h7-8,11H,2-6H2,1H3. The van der Waals surface area contributed by atoms with Crippen LogP contribution in [-0.2, 0) is 11.3 Å². The van der Waals surface area contributed by atoms with Crippen molar-refractivity contribution in [3.8, 4) is 0 Å². The molecular weight excluding hydrogens is 192 g/mol. The molecule has 0 bridgehead atoms. The van der Waals surface area contributed by atoms with Crippen LogP contribution in [0, 0.1) is 0 Å². The summed E-state index contributed by atoms with van der Waals surface area (Å²) in [5.74, 6) is 0.804. The SMILES string of the molecule is CNCc1cnc(N2CCOCC2)nc1. The molecule has 1 N–H and O–H groups in total. The number of ether oxygens (including phenoxy) is 1. The van der Waals surface area contributed by atoms with E-state index in [-0.39, 0.29) is 0 Å². The number of hydrogen-bond acceptors (Lipinski definition) is 5. The Morgan fingerprint density at radius 1 is 1.33 bits per heavy atom. The van der Waals surface area contributed by atoms with Gasteiger partial charge in [-0.1, -0.05) is 0 Å². The van der Waals surface area contributed by atoms with E-state index in [4.69, 9.17) is 4.74 Å². The Morgan fingerprint density at radius 3 is 2.60 bits per heavy atom. The fourth-order valence-electron chi connectivity index (χ4n) is 1.57. The fourth-order valence-corrected chi connectivity index (χ4v) is 1.57. The third kappa shape index (κ3) is 2.64. The van der Waals surface area contributed by atoms with Crippen LogP contribution in [0.25, 0.3) is 0 Å². The number of anilines is 1. The average Bonchev–Trinajstić information content (AvgIpc) is 2.32. The van der Waals surface area contributed by atoms with Crippen molar-refractivity contribution in [2.45, 2.75) is 6.54 Å². The summed E-state index contributed by atoms with van der Waals surface area (Å²) >= 11 is 0. The van der Waals surface area contributed by atoms with Gasteiger partial charge in [-0.3, -0.25) is 0 Å². The quantitative estimate of drug-likeness (QED) is 0.759. The zero-order valence-corrected chi connectivity index (χ0v) is 8.94. The molecule has 0 unspecified atom stereocenters. The normalized spacial score (nSPS) is 16.7. The van der Waals surface area contributed by atoms with E-state index in [0.717, 1.165) is 44.4 Å². The molecule has 0 aliphatic carbocycles. The summed E-state index contributed by atoms with van der Waals surface area (Å²) in [5.41, 5.74) is 1.11. The van der Waals surface area contributed by atoms with Crippen molar-refractivity contribution >= 4 is 5.95 Å². The number of nitrogens with zero attached hydrogens (tertiary/aromatic N) is 3. The van der Waals surface area contributed by atoms with Gasteiger partial charge in [-0.15, -0.1) is 0 Å². The van der Waals surface area contributed by atoms with E-state index in [1.807, 2.05) is 19.4 Å². The summed E-state index contributed by atoms with van der Waals surface area (Å²) < 4.78 is 5.28. The molecular formula is C10H16N4O. The highest BCUT2D eigenvalue weighted by molar-refractivity contribution is 5.30. The van der Waals surface area contributed by atoms with Gasteiger partial charge in [0.1, 0.15) is 0 Å². The Balaban J connectivity index is 2.02. The maximum absolute atomic E-state index is 5.28. The molecule has 5 heteroatoms. The highest BCUT2D eigenvalue weighted by Crippen LogP contribution is 2.08. The molecule has 2 rings (SSSR count). The van der Waals surface area contributed by atoms with Crippen molar-refractivity contribution in [2.24, 2.45) is 0 Å². The summed E-state index contributed by atoms with van der Waals surface area (Å²) in [5, 5.41) is 3.07.